The third kappa shape index (κ3) is 6.94. The lowest BCUT2D eigenvalue weighted by Crippen LogP contribution is -2.33. The van der Waals surface area contributed by atoms with Crippen LogP contribution < -0.4 is 5.32 Å². The van der Waals surface area contributed by atoms with E-state index in [1.807, 2.05) is 18.2 Å². The number of nitrogens with one attached hydrogen (secondary N) is 1. The maximum atomic E-state index is 6.07. The van der Waals surface area contributed by atoms with Gasteiger partial charge in [0, 0.05) is 19.3 Å². The molecule has 0 saturated heterocycles. The van der Waals surface area contributed by atoms with Crippen LogP contribution in [0.4, 0.5) is 0 Å². The molecular formula is C16H25Cl2NO. The fraction of sp³-hybridized carbons (Fsp3) is 0.625. The zero-order valence-electron chi connectivity index (χ0n) is 12.4. The molecule has 1 aromatic rings. The van der Waals surface area contributed by atoms with Crippen LogP contribution in [0, 0.1) is 0 Å². The predicted octanol–water partition coefficient (Wildman–Crippen LogP) is 4.72. The summed E-state index contributed by atoms with van der Waals surface area (Å²) < 4.78 is 5.59. The number of hydrogen-bond acceptors (Lipinski definition) is 2. The van der Waals surface area contributed by atoms with Crippen molar-refractivity contribution in [1.29, 1.82) is 0 Å². The number of halogens is 2. The topological polar surface area (TPSA) is 21.3 Å². The molecule has 1 N–H and O–H groups in total. The summed E-state index contributed by atoms with van der Waals surface area (Å²) in [5.74, 6) is 0. The highest BCUT2D eigenvalue weighted by atomic mass is 35.5. The molecule has 114 valence electrons. The fourth-order valence-corrected chi connectivity index (χ4v) is 2.37. The first kappa shape index (κ1) is 17.8. The predicted molar refractivity (Wildman–Crippen MR) is 88.0 cm³/mol. The molecule has 0 heterocycles. The second-order valence-corrected chi connectivity index (χ2v) is 5.82. The molecule has 0 saturated carbocycles. The second-order valence-electron chi connectivity index (χ2n) is 5.00. The highest BCUT2D eigenvalue weighted by Gasteiger charge is 2.10. The Hall–Kier alpha value is -0.280. The van der Waals surface area contributed by atoms with Crippen LogP contribution in [0.5, 0.6) is 0 Å². The molecule has 0 aliphatic rings. The van der Waals surface area contributed by atoms with Gasteiger partial charge in [-0.1, -0.05) is 43.1 Å². The molecule has 1 unspecified atom stereocenters. The lowest BCUT2D eigenvalue weighted by atomic mass is 10.0. The standard InChI is InChI=1S/C16H25Cl2NO/c1-3-8-19-14(7-10-20-9-4-2)11-13-5-6-15(17)16(18)12-13/h5-6,12,14,19H,3-4,7-11H2,1-2H3. The summed E-state index contributed by atoms with van der Waals surface area (Å²) in [6.07, 6.45) is 4.17. The molecular weight excluding hydrogens is 293 g/mol. The normalized spacial score (nSPS) is 12.6. The Balaban J connectivity index is 2.51. The van der Waals surface area contributed by atoms with Crippen LogP contribution >= 0.6 is 23.2 Å². The third-order valence-electron chi connectivity index (χ3n) is 3.11. The number of rotatable bonds is 10. The summed E-state index contributed by atoms with van der Waals surface area (Å²) >= 11 is 12.0. The minimum Gasteiger partial charge on any atom is -0.381 e. The van der Waals surface area contributed by atoms with Gasteiger partial charge in [0.15, 0.2) is 0 Å². The first-order valence-corrected chi connectivity index (χ1v) is 8.18. The van der Waals surface area contributed by atoms with Gasteiger partial charge < -0.3 is 10.1 Å². The molecule has 1 rings (SSSR count). The monoisotopic (exact) mass is 317 g/mol. The van der Waals surface area contributed by atoms with E-state index >= 15 is 0 Å². The van der Waals surface area contributed by atoms with Crippen LogP contribution in [0.25, 0.3) is 0 Å². The van der Waals surface area contributed by atoms with Crippen LogP contribution in [-0.2, 0) is 11.2 Å². The third-order valence-corrected chi connectivity index (χ3v) is 3.85. The van der Waals surface area contributed by atoms with Gasteiger partial charge in [0.2, 0.25) is 0 Å². The van der Waals surface area contributed by atoms with Crippen molar-refractivity contribution in [3.8, 4) is 0 Å². The summed E-state index contributed by atoms with van der Waals surface area (Å²) in [5.41, 5.74) is 1.21. The molecule has 0 radical (unpaired) electrons. The largest absolute Gasteiger partial charge is 0.381 e. The lowest BCUT2D eigenvalue weighted by Gasteiger charge is -2.19. The van der Waals surface area contributed by atoms with Gasteiger partial charge in [-0.15, -0.1) is 0 Å². The van der Waals surface area contributed by atoms with E-state index in [-0.39, 0.29) is 0 Å². The summed E-state index contributed by atoms with van der Waals surface area (Å²) in [6.45, 7) is 6.98. The number of ether oxygens (including phenoxy) is 1. The zero-order chi connectivity index (χ0) is 14.8. The van der Waals surface area contributed by atoms with Gasteiger partial charge in [0.05, 0.1) is 10.0 Å². The van der Waals surface area contributed by atoms with Gasteiger partial charge in [-0.25, -0.2) is 0 Å². The van der Waals surface area contributed by atoms with Crippen LogP contribution in [0.3, 0.4) is 0 Å². The molecule has 20 heavy (non-hydrogen) atoms. The molecule has 2 nitrogen and oxygen atoms in total. The molecule has 0 aliphatic carbocycles. The zero-order valence-corrected chi connectivity index (χ0v) is 13.9. The molecule has 0 bridgehead atoms. The molecule has 1 atom stereocenters. The highest BCUT2D eigenvalue weighted by molar-refractivity contribution is 6.42. The van der Waals surface area contributed by atoms with E-state index in [1.54, 1.807) is 0 Å². The maximum absolute atomic E-state index is 6.07. The number of hydrogen-bond donors (Lipinski definition) is 1. The van der Waals surface area contributed by atoms with Gasteiger partial charge >= 0.3 is 0 Å². The Morgan fingerprint density at radius 1 is 1.10 bits per heavy atom. The summed E-state index contributed by atoms with van der Waals surface area (Å²) in [7, 11) is 0. The number of benzene rings is 1. The van der Waals surface area contributed by atoms with Crippen LogP contribution in [-0.4, -0.2) is 25.8 Å². The van der Waals surface area contributed by atoms with Crippen molar-refractivity contribution in [2.45, 2.75) is 45.6 Å². The summed E-state index contributed by atoms with van der Waals surface area (Å²) in [6, 6.07) is 6.28. The first-order chi connectivity index (χ1) is 9.67. The van der Waals surface area contributed by atoms with Crippen LogP contribution in [0.1, 0.15) is 38.7 Å². The smallest absolute Gasteiger partial charge is 0.0595 e. The highest BCUT2D eigenvalue weighted by Crippen LogP contribution is 2.23. The quantitative estimate of drug-likeness (QED) is 0.630. The van der Waals surface area contributed by atoms with Crippen molar-refractivity contribution in [1.82, 2.24) is 5.32 Å². The van der Waals surface area contributed by atoms with Crippen molar-refractivity contribution < 1.29 is 4.74 Å². The van der Waals surface area contributed by atoms with Crippen molar-refractivity contribution in [2.24, 2.45) is 0 Å². The lowest BCUT2D eigenvalue weighted by molar-refractivity contribution is 0.124. The van der Waals surface area contributed by atoms with E-state index in [0.29, 0.717) is 16.1 Å². The van der Waals surface area contributed by atoms with E-state index in [9.17, 15) is 0 Å². The fourth-order valence-electron chi connectivity index (χ4n) is 2.05. The average Bonchev–Trinajstić information content (AvgIpc) is 2.44. The Kier molecular flexibility index (Phi) is 9.28. The molecule has 4 heteroatoms. The Bertz CT molecular complexity index is 385. The summed E-state index contributed by atoms with van der Waals surface area (Å²) in [4.78, 5) is 0. The molecule has 0 aliphatic heterocycles. The maximum Gasteiger partial charge on any atom is 0.0595 e. The Labute approximate surface area is 132 Å². The molecule has 0 spiro atoms. The average molecular weight is 318 g/mol. The van der Waals surface area contributed by atoms with E-state index in [2.05, 4.69) is 19.2 Å². The second kappa shape index (κ2) is 10.4. The van der Waals surface area contributed by atoms with E-state index < -0.39 is 0 Å². The van der Waals surface area contributed by atoms with Crippen molar-refractivity contribution >= 4 is 23.2 Å². The molecule has 0 amide bonds. The van der Waals surface area contributed by atoms with Crippen molar-refractivity contribution in [3.63, 3.8) is 0 Å². The van der Waals surface area contributed by atoms with Gasteiger partial charge in [0.1, 0.15) is 0 Å². The first-order valence-electron chi connectivity index (χ1n) is 7.42. The Morgan fingerprint density at radius 3 is 2.55 bits per heavy atom. The minimum absolute atomic E-state index is 0.420. The van der Waals surface area contributed by atoms with E-state index in [4.69, 9.17) is 27.9 Å². The SMILES string of the molecule is CCCNC(CCOCCC)Cc1ccc(Cl)c(Cl)c1. The Morgan fingerprint density at radius 2 is 1.90 bits per heavy atom. The molecule has 0 fully saturated rings. The molecule has 0 aromatic heterocycles. The van der Waals surface area contributed by atoms with E-state index in [1.165, 1.54) is 5.56 Å². The van der Waals surface area contributed by atoms with E-state index in [0.717, 1.165) is 45.4 Å². The van der Waals surface area contributed by atoms with Gasteiger partial charge in [-0.2, -0.15) is 0 Å². The van der Waals surface area contributed by atoms with Gasteiger partial charge in [0.25, 0.3) is 0 Å². The van der Waals surface area contributed by atoms with Crippen LogP contribution in [0.2, 0.25) is 10.0 Å². The van der Waals surface area contributed by atoms with Gasteiger partial charge in [-0.05, 0) is 49.9 Å². The minimum atomic E-state index is 0.420. The van der Waals surface area contributed by atoms with Crippen molar-refractivity contribution in [2.75, 3.05) is 19.8 Å². The van der Waals surface area contributed by atoms with Gasteiger partial charge in [-0.3, -0.25) is 0 Å². The van der Waals surface area contributed by atoms with Crippen molar-refractivity contribution in [3.05, 3.63) is 33.8 Å². The van der Waals surface area contributed by atoms with Crippen LogP contribution in [0.15, 0.2) is 18.2 Å². The molecule has 1 aromatic carbocycles. The summed E-state index contributed by atoms with van der Waals surface area (Å²) in [5, 5.41) is 4.81.